The smallest absolute Gasteiger partial charge is 0.292 e. The third-order valence-corrected chi connectivity index (χ3v) is 3.73. The zero-order chi connectivity index (χ0) is 13.1. The van der Waals surface area contributed by atoms with Crippen LogP contribution in [-0.4, -0.2) is 24.2 Å². The van der Waals surface area contributed by atoms with Crippen molar-refractivity contribution in [2.75, 3.05) is 12.4 Å². The van der Waals surface area contributed by atoms with E-state index in [-0.39, 0.29) is 22.8 Å². The SMILES string of the molecule is COC1CCC(Nc2cc(Br)ccc2[N+](=O)[O-])C1. The fourth-order valence-corrected chi connectivity index (χ4v) is 2.65. The van der Waals surface area contributed by atoms with Gasteiger partial charge in [-0.15, -0.1) is 0 Å². The van der Waals surface area contributed by atoms with Gasteiger partial charge in [0.25, 0.3) is 5.69 Å². The Labute approximate surface area is 114 Å². The average molecular weight is 315 g/mol. The number of ether oxygens (including phenoxy) is 1. The molecule has 0 saturated heterocycles. The summed E-state index contributed by atoms with van der Waals surface area (Å²) in [5, 5.41) is 14.2. The van der Waals surface area contributed by atoms with Crippen molar-refractivity contribution >= 4 is 27.3 Å². The topological polar surface area (TPSA) is 64.4 Å². The second-order valence-electron chi connectivity index (χ2n) is 4.43. The first kappa shape index (κ1) is 13.3. The largest absolute Gasteiger partial charge is 0.381 e. The molecule has 6 heteroatoms. The lowest BCUT2D eigenvalue weighted by Gasteiger charge is -2.14. The van der Waals surface area contributed by atoms with Crippen molar-refractivity contribution in [3.8, 4) is 0 Å². The summed E-state index contributed by atoms with van der Waals surface area (Å²) in [4.78, 5) is 10.6. The maximum absolute atomic E-state index is 11.0. The van der Waals surface area contributed by atoms with E-state index >= 15 is 0 Å². The third kappa shape index (κ3) is 3.00. The van der Waals surface area contributed by atoms with Crippen LogP contribution in [0.25, 0.3) is 0 Å². The zero-order valence-corrected chi connectivity index (χ0v) is 11.6. The molecule has 18 heavy (non-hydrogen) atoms. The van der Waals surface area contributed by atoms with Gasteiger partial charge in [0, 0.05) is 23.7 Å². The van der Waals surface area contributed by atoms with Crippen molar-refractivity contribution in [3.63, 3.8) is 0 Å². The van der Waals surface area contributed by atoms with Gasteiger partial charge in [0.2, 0.25) is 0 Å². The van der Waals surface area contributed by atoms with Crippen LogP contribution in [0.1, 0.15) is 19.3 Å². The second-order valence-corrected chi connectivity index (χ2v) is 5.35. The average Bonchev–Trinajstić information content (AvgIpc) is 2.76. The van der Waals surface area contributed by atoms with Gasteiger partial charge in [-0.3, -0.25) is 10.1 Å². The summed E-state index contributed by atoms with van der Waals surface area (Å²) in [7, 11) is 1.70. The van der Waals surface area contributed by atoms with Gasteiger partial charge in [-0.05, 0) is 31.4 Å². The van der Waals surface area contributed by atoms with Gasteiger partial charge in [-0.1, -0.05) is 15.9 Å². The van der Waals surface area contributed by atoms with Crippen molar-refractivity contribution < 1.29 is 9.66 Å². The number of hydrogen-bond donors (Lipinski definition) is 1. The maximum atomic E-state index is 11.0. The molecule has 5 nitrogen and oxygen atoms in total. The quantitative estimate of drug-likeness (QED) is 0.684. The van der Waals surface area contributed by atoms with Crippen LogP contribution in [0, 0.1) is 10.1 Å². The van der Waals surface area contributed by atoms with Crippen molar-refractivity contribution in [2.24, 2.45) is 0 Å². The molecule has 0 spiro atoms. The standard InChI is InChI=1S/C12H15BrN2O3/c1-18-10-4-3-9(7-10)14-11-6-8(13)2-5-12(11)15(16)17/h2,5-6,9-10,14H,3-4,7H2,1H3. The number of hydrogen-bond acceptors (Lipinski definition) is 4. The number of halogens is 1. The fourth-order valence-electron chi connectivity index (χ4n) is 2.29. The predicted molar refractivity (Wildman–Crippen MR) is 72.9 cm³/mol. The first-order chi connectivity index (χ1) is 8.60. The molecule has 0 aliphatic heterocycles. The number of nitro benzene ring substituents is 1. The zero-order valence-electron chi connectivity index (χ0n) is 10.1. The Kier molecular flexibility index (Phi) is 4.19. The minimum absolute atomic E-state index is 0.110. The highest BCUT2D eigenvalue weighted by molar-refractivity contribution is 9.10. The van der Waals surface area contributed by atoms with Gasteiger partial charge in [-0.2, -0.15) is 0 Å². The van der Waals surface area contributed by atoms with E-state index in [1.807, 2.05) is 0 Å². The van der Waals surface area contributed by atoms with Gasteiger partial charge in [0.15, 0.2) is 0 Å². The molecule has 1 aromatic rings. The predicted octanol–water partition coefficient (Wildman–Crippen LogP) is 3.34. The summed E-state index contributed by atoms with van der Waals surface area (Å²) < 4.78 is 6.13. The Balaban J connectivity index is 2.13. The van der Waals surface area contributed by atoms with Crippen LogP contribution in [0.5, 0.6) is 0 Å². The summed E-state index contributed by atoms with van der Waals surface area (Å²) in [6.45, 7) is 0. The number of nitro groups is 1. The van der Waals surface area contributed by atoms with Gasteiger partial charge < -0.3 is 10.1 Å². The van der Waals surface area contributed by atoms with E-state index in [2.05, 4.69) is 21.2 Å². The third-order valence-electron chi connectivity index (χ3n) is 3.23. The minimum Gasteiger partial charge on any atom is -0.381 e. The molecule has 1 aliphatic rings. The molecule has 2 rings (SSSR count). The first-order valence-corrected chi connectivity index (χ1v) is 6.62. The van der Waals surface area contributed by atoms with Crippen LogP contribution < -0.4 is 5.32 Å². The lowest BCUT2D eigenvalue weighted by Crippen LogP contribution is -2.18. The van der Waals surface area contributed by atoms with Crippen LogP contribution >= 0.6 is 15.9 Å². The highest BCUT2D eigenvalue weighted by atomic mass is 79.9. The fraction of sp³-hybridized carbons (Fsp3) is 0.500. The molecule has 1 saturated carbocycles. The van der Waals surface area contributed by atoms with Gasteiger partial charge >= 0.3 is 0 Å². The molecule has 0 heterocycles. The van der Waals surface area contributed by atoms with E-state index in [1.54, 1.807) is 19.2 Å². The Hall–Kier alpha value is -1.14. The van der Waals surface area contributed by atoms with Crippen molar-refractivity contribution in [1.29, 1.82) is 0 Å². The number of nitrogens with zero attached hydrogens (tertiary/aromatic N) is 1. The summed E-state index contributed by atoms with van der Waals surface area (Å²) >= 11 is 3.33. The Morgan fingerprint density at radius 1 is 1.50 bits per heavy atom. The summed E-state index contributed by atoms with van der Waals surface area (Å²) in [5.41, 5.74) is 0.676. The van der Waals surface area contributed by atoms with Crippen LogP contribution in [-0.2, 0) is 4.74 Å². The van der Waals surface area contributed by atoms with Crippen LogP contribution in [0.2, 0.25) is 0 Å². The van der Waals surface area contributed by atoms with E-state index < -0.39 is 0 Å². The molecule has 0 amide bonds. The van der Waals surface area contributed by atoms with Crippen LogP contribution in [0.4, 0.5) is 11.4 Å². The highest BCUT2D eigenvalue weighted by Crippen LogP contribution is 2.31. The molecule has 0 radical (unpaired) electrons. The molecule has 1 N–H and O–H groups in total. The molecule has 2 unspecified atom stereocenters. The van der Waals surface area contributed by atoms with Crippen LogP contribution in [0.15, 0.2) is 22.7 Å². The van der Waals surface area contributed by atoms with E-state index in [4.69, 9.17) is 4.74 Å². The van der Waals surface area contributed by atoms with Gasteiger partial charge in [0.1, 0.15) is 5.69 Å². The monoisotopic (exact) mass is 314 g/mol. The highest BCUT2D eigenvalue weighted by Gasteiger charge is 2.26. The Bertz CT molecular complexity index is 453. The summed E-state index contributed by atoms with van der Waals surface area (Å²) in [6, 6.07) is 5.17. The van der Waals surface area contributed by atoms with Crippen molar-refractivity contribution in [1.82, 2.24) is 0 Å². The molecule has 0 bridgehead atoms. The lowest BCUT2D eigenvalue weighted by molar-refractivity contribution is -0.384. The molecule has 1 aliphatic carbocycles. The summed E-state index contributed by atoms with van der Waals surface area (Å²) in [5.74, 6) is 0. The number of benzene rings is 1. The van der Waals surface area contributed by atoms with E-state index in [1.165, 1.54) is 6.07 Å². The van der Waals surface area contributed by atoms with E-state index in [0.29, 0.717) is 5.69 Å². The number of methoxy groups -OCH3 is 1. The summed E-state index contributed by atoms with van der Waals surface area (Å²) in [6.07, 6.45) is 3.12. The Morgan fingerprint density at radius 3 is 2.89 bits per heavy atom. The molecule has 0 aromatic heterocycles. The Morgan fingerprint density at radius 2 is 2.28 bits per heavy atom. The van der Waals surface area contributed by atoms with E-state index in [0.717, 1.165) is 23.7 Å². The normalized spacial score (nSPS) is 23.0. The molecule has 2 atom stereocenters. The lowest BCUT2D eigenvalue weighted by atomic mass is 10.2. The molecule has 98 valence electrons. The van der Waals surface area contributed by atoms with Gasteiger partial charge in [0.05, 0.1) is 11.0 Å². The minimum atomic E-state index is -0.364. The van der Waals surface area contributed by atoms with Gasteiger partial charge in [-0.25, -0.2) is 0 Å². The van der Waals surface area contributed by atoms with Crippen molar-refractivity contribution in [3.05, 3.63) is 32.8 Å². The molecule has 1 aromatic carbocycles. The van der Waals surface area contributed by atoms with Crippen LogP contribution in [0.3, 0.4) is 0 Å². The molecular formula is C12H15BrN2O3. The second kappa shape index (κ2) is 5.67. The van der Waals surface area contributed by atoms with E-state index in [9.17, 15) is 10.1 Å². The number of rotatable bonds is 4. The molecular weight excluding hydrogens is 300 g/mol. The molecule has 1 fully saturated rings. The maximum Gasteiger partial charge on any atom is 0.292 e. The van der Waals surface area contributed by atoms with Crippen molar-refractivity contribution in [2.45, 2.75) is 31.4 Å². The first-order valence-electron chi connectivity index (χ1n) is 5.83. The number of anilines is 1. The number of nitrogens with one attached hydrogen (secondary N) is 1.